The molecule has 7 heteroatoms. The average molecular weight is 459 g/mol. The third kappa shape index (κ3) is 3.51. The minimum atomic E-state index is -0.161. The average Bonchev–Trinajstić information content (AvgIpc) is 3.25. The number of hydrogen-bond donors (Lipinski definition) is 2. The summed E-state index contributed by atoms with van der Waals surface area (Å²) in [5.41, 5.74) is 2.00. The van der Waals surface area contributed by atoms with Crippen molar-refractivity contribution in [3.05, 3.63) is 89.2 Å². The first kappa shape index (κ1) is 18.3. The van der Waals surface area contributed by atoms with Gasteiger partial charge < -0.3 is 10.1 Å². The molecule has 1 amide bonds. The Hall–Kier alpha value is -3.71. The van der Waals surface area contributed by atoms with Gasteiger partial charge in [0.05, 0.1) is 11.6 Å². The lowest BCUT2D eigenvalue weighted by atomic mass is 10.0. The van der Waals surface area contributed by atoms with E-state index in [1.165, 1.54) is 0 Å². The molecule has 30 heavy (non-hydrogen) atoms. The number of amides is 1. The van der Waals surface area contributed by atoms with Crippen LogP contribution in [0.2, 0.25) is 0 Å². The van der Waals surface area contributed by atoms with Gasteiger partial charge in [0, 0.05) is 21.9 Å². The van der Waals surface area contributed by atoms with Crippen LogP contribution in [0.4, 0.5) is 5.69 Å². The highest BCUT2D eigenvalue weighted by Gasteiger charge is 2.12. The number of benzene rings is 3. The maximum atomic E-state index is 12.8. The van der Waals surface area contributed by atoms with Gasteiger partial charge in [-0.1, -0.05) is 28.1 Å². The first-order valence-corrected chi connectivity index (χ1v) is 10.0. The van der Waals surface area contributed by atoms with E-state index < -0.39 is 0 Å². The van der Waals surface area contributed by atoms with E-state index in [-0.39, 0.29) is 5.91 Å². The summed E-state index contributed by atoms with van der Waals surface area (Å²) < 4.78 is 7.02. The van der Waals surface area contributed by atoms with E-state index in [0.717, 1.165) is 26.3 Å². The molecule has 0 bridgehead atoms. The molecule has 0 aliphatic rings. The van der Waals surface area contributed by atoms with Crippen LogP contribution in [-0.4, -0.2) is 21.1 Å². The van der Waals surface area contributed by atoms with E-state index in [1.54, 1.807) is 18.5 Å². The molecule has 2 aromatic heterocycles. The van der Waals surface area contributed by atoms with Crippen LogP contribution in [0.1, 0.15) is 10.4 Å². The third-order valence-corrected chi connectivity index (χ3v) is 5.27. The fraction of sp³-hybridized carbons (Fsp3) is 0. The van der Waals surface area contributed by atoms with E-state index >= 15 is 0 Å². The number of rotatable bonds is 4. The van der Waals surface area contributed by atoms with Gasteiger partial charge in [-0.15, -0.1) is 0 Å². The number of fused-ring (bicyclic) bond motifs is 2. The number of nitrogens with one attached hydrogen (secondary N) is 2. The monoisotopic (exact) mass is 458 g/mol. The summed E-state index contributed by atoms with van der Waals surface area (Å²) in [6.07, 6.45) is 3.35. The van der Waals surface area contributed by atoms with Gasteiger partial charge in [-0.2, -0.15) is 5.10 Å². The number of hydrogen-bond acceptors (Lipinski definition) is 4. The fourth-order valence-corrected chi connectivity index (χ4v) is 3.56. The maximum Gasteiger partial charge on any atom is 0.256 e. The van der Waals surface area contributed by atoms with E-state index in [1.807, 2.05) is 60.7 Å². The molecule has 0 aliphatic heterocycles. The Morgan fingerprint density at radius 2 is 1.87 bits per heavy atom. The smallest absolute Gasteiger partial charge is 0.256 e. The van der Waals surface area contributed by atoms with Crippen LogP contribution in [-0.2, 0) is 0 Å². The highest BCUT2D eigenvalue weighted by atomic mass is 79.9. The van der Waals surface area contributed by atoms with E-state index in [9.17, 15) is 4.79 Å². The molecule has 5 rings (SSSR count). The van der Waals surface area contributed by atoms with Crippen molar-refractivity contribution in [3.63, 3.8) is 0 Å². The zero-order valence-corrected chi connectivity index (χ0v) is 17.2. The summed E-state index contributed by atoms with van der Waals surface area (Å²) in [6, 6.07) is 20.6. The lowest BCUT2D eigenvalue weighted by Crippen LogP contribution is -2.12. The summed E-state index contributed by atoms with van der Waals surface area (Å²) in [4.78, 5) is 17.1. The van der Waals surface area contributed by atoms with Crippen LogP contribution < -0.4 is 10.1 Å². The molecule has 0 saturated heterocycles. The van der Waals surface area contributed by atoms with Gasteiger partial charge in [-0.25, -0.2) is 4.98 Å². The van der Waals surface area contributed by atoms with Crippen LogP contribution >= 0.6 is 15.9 Å². The number of carbonyl (C=O) groups is 1. The van der Waals surface area contributed by atoms with Crippen molar-refractivity contribution in [1.29, 1.82) is 0 Å². The second-order valence-electron chi connectivity index (χ2n) is 6.69. The molecule has 6 nitrogen and oxygen atoms in total. The zero-order valence-electron chi connectivity index (χ0n) is 15.6. The maximum absolute atomic E-state index is 12.8. The molecule has 2 heterocycles. The van der Waals surface area contributed by atoms with Crippen molar-refractivity contribution in [1.82, 2.24) is 15.2 Å². The van der Waals surface area contributed by atoms with Gasteiger partial charge >= 0.3 is 0 Å². The molecule has 0 aliphatic carbocycles. The van der Waals surface area contributed by atoms with Crippen molar-refractivity contribution < 1.29 is 9.53 Å². The van der Waals surface area contributed by atoms with Gasteiger partial charge in [-0.05, 0) is 65.4 Å². The van der Waals surface area contributed by atoms with Crippen LogP contribution in [0.3, 0.4) is 0 Å². The number of ether oxygens (including phenoxy) is 1. The molecule has 0 atom stereocenters. The summed E-state index contributed by atoms with van der Waals surface area (Å²) in [5.74, 6) is 1.17. The molecular weight excluding hydrogens is 444 g/mol. The number of H-pyrrole nitrogens is 1. The van der Waals surface area contributed by atoms with Crippen molar-refractivity contribution in [2.75, 3.05) is 5.32 Å². The first-order valence-electron chi connectivity index (χ1n) is 9.23. The van der Waals surface area contributed by atoms with Gasteiger partial charge in [0.25, 0.3) is 5.91 Å². The van der Waals surface area contributed by atoms with Gasteiger partial charge in [0.2, 0.25) is 0 Å². The van der Waals surface area contributed by atoms with E-state index in [0.29, 0.717) is 22.7 Å². The van der Waals surface area contributed by atoms with Crippen molar-refractivity contribution >= 4 is 49.3 Å². The Bertz CT molecular complexity index is 1380. The summed E-state index contributed by atoms with van der Waals surface area (Å²) in [7, 11) is 0. The molecule has 0 radical (unpaired) electrons. The number of nitrogens with zero attached hydrogens (tertiary/aromatic N) is 2. The van der Waals surface area contributed by atoms with Crippen molar-refractivity contribution in [2.24, 2.45) is 0 Å². The van der Waals surface area contributed by atoms with Gasteiger partial charge in [-0.3, -0.25) is 9.89 Å². The molecule has 2 N–H and O–H groups in total. The summed E-state index contributed by atoms with van der Waals surface area (Å²) >= 11 is 3.40. The molecule has 0 fully saturated rings. The number of aromatic amines is 1. The van der Waals surface area contributed by atoms with Crippen LogP contribution in [0.25, 0.3) is 21.8 Å². The fourth-order valence-electron chi connectivity index (χ4n) is 3.30. The van der Waals surface area contributed by atoms with Crippen molar-refractivity contribution in [3.8, 4) is 11.5 Å². The number of carbonyl (C=O) groups excluding carboxylic acids is 1. The molecular formula is C23H15BrN4O2. The number of halogens is 1. The molecule has 0 unspecified atom stereocenters. The predicted molar refractivity (Wildman–Crippen MR) is 120 cm³/mol. The number of anilines is 1. The van der Waals surface area contributed by atoms with Crippen LogP contribution in [0, 0.1) is 0 Å². The molecule has 146 valence electrons. The Kier molecular flexibility index (Phi) is 4.65. The SMILES string of the molecule is O=C(Nc1ccc(Br)cc1)c1cccc2cc(Oc3ccnc4[nH]ncc34)ccc12. The van der Waals surface area contributed by atoms with Gasteiger partial charge in [0.1, 0.15) is 11.5 Å². The molecule has 3 aromatic carbocycles. The Labute approximate surface area is 180 Å². The normalized spacial score (nSPS) is 11.0. The Balaban J connectivity index is 1.45. The summed E-state index contributed by atoms with van der Waals surface area (Å²) in [6.45, 7) is 0. The first-order chi connectivity index (χ1) is 14.7. The standard InChI is InChI=1S/C23H15BrN4O2/c24-15-4-6-16(7-5-15)27-23(29)19-3-1-2-14-12-17(8-9-18(14)19)30-21-10-11-25-22-20(21)13-26-28-22/h1-13H,(H,27,29)(H,25,26,28). The largest absolute Gasteiger partial charge is 0.456 e. The third-order valence-electron chi connectivity index (χ3n) is 4.74. The lowest BCUT2D eigenvalue weighted by molar-refractivity contribution is 0.102. The molecule has 0 saturated carbocycles. The highest BCUT2D eigenvalue weighted by molar-refractivity contribution is 9.10. The minimum Gasteiger partial charge on any atom is -0.456 e. The lowest BCUT2D eigenvalue weighted by Gasteiger charge is -2.11. The van der Waals surface area contributed by atoms with Crippen molar-refractivity contribution in [2.45, 2.75) is 0 Å². The topological polar surface area (TPSA) is 79.9 Å². The Morgan fingerprint density at radius 3 is 2.73 bits per heavy atom. The number of pyridine rings is 1. The predicted octanol–water partition coefficient (Wildman–Crippen LogP) is 5.92. The highest BCUT2D eigenvalue weighted by Crippen LogP contribution is 2.31. The van der Waals surface area contributed by atoms with E-state index in [4.69, 9.17) is 4.74 Å². The second-order valence-corrected chi connectivity index (χ2v) is 7.61. The van der Waals surface area contributed by atoms with E-state index in [2.05, 4.69) is 36.4 Å². The molecule has 0 spiro atoms. The quantitative estimate of drug-likeness (QED) is 0.350. The minimum absolute atomic E-state index is 0.161. The molecule has 5 aromatic rings. The Morgan fingerprint density at radius 1 is 1.00 bits per heavy atom. The second kappa shape index (κ2) is 7.61. The van der Waals surface area contributed by atoms with Crippen LogP contribution in [0.15, 0.2) is 83.6 Å². The summed E-state index contributed by atoms with van der Waals surface area (Å²) in [5, 5.41) is 12.3. The van der Waals surface area contributed by atoms with Crippen LogP contribution in [0.5, 0.6) is 11.5 Å². The zero-order chi connectivity index (χ0) is 20.5. The number of aromatic nitrogens is 3. The van der Waals surface area contributed by atoms with Gasteiger partial charge in [0.15, 0.2) is 5.65 Å².